The van der Waals surface area contributed by atoms with Crippen LogP contribution in [-0.4, -0.2) is 21.3 Å². The lowest BCUT2D eigenvalue weighted by Crippen LogP contribution is -2.23. The Bertz CT molecular complexity index is 612. The van der Waals surface area contributed by atoms with Gasteiger partial charge in [-0.05, 0) is 34.0 Å². The van der Waals surface area contributed by atoms with Crippen molar-refractivity contribution in [3.05, 3.63) is 51.1 Å². The van der Waals surface area contributed by atoms with Gasteiger partial charge in [0.2, 0.25) is 0 Å². The molecule has 0 saturated heterocycles. The van der Waals surface area contributed by atoms with Crippen molar-refractivity contribution in [1.29, 1.82) is 0 Å². The van der Waals surface area contributed by atoms with Gasteiger partial charge in [-0.1, -0.05) is 6.92 Å². The van der Waals surface area contributed by atoms with Gasteiger partial charge < -0.3 is 5.32 Å². The van der Waals surface area contributed by atoms with Crippen LogP contribution < -0.4 is 10.9 Å². The largest absolute Gasteiger partial charge is 0.384 e. The van der Waals surface area contributed by atoms with E-state index in [9.17, 15) is 4.79 Å². The highest BCUT2D eigenvalue weighted by Gasteiger charge is 2.02. The Kier molecular flexibility index (Phi) is 4.68. The Hall–Kier alpha value is -1.69. The van der Waals surface area contributed by atoms with Crippen LogP contribution in [0.4, 0.5) is 5.69 Å². The molecule has 1 N–H and O–H groups in total. The average Bonchev–Trinajstić information content (AvgIpc) is 2.39. The molecule has 2 aromatic rings. The smallest absolute Gasteiger partial charge is 0.269 e. The van der Waals surface area contributed by atoms with Gasteiger partial charge in [-0.15, -0.1) is 0 Å². The molecular weight excluding hydrogens is 308 g/mol. The van der Waals surface area contributed by atoms with E-state index in [0.29, 0.717) is 6.54 Å². The topological polar surface area (TPSA) is 59.8 Å². The van der Waals surface area contributed by atoms with Gasteiger partial charge in [0.1, 0.15) is 0 Å². The predicted molar refractivity (Wildman–Crippen MR) is 78.3 cm³/mol. The van der Waals surface area contributed by atoms with Crippen molar-refractivity contribution in [3.63, 3.8) is 0 Å². The minimum absolute atomic E-state index is 0.124. The van der Waals surface area contributed by atoms with Crippen LogP contribution in [0.3, 0.4) is 0 Å². The molecular formula is C13H15BrN4O. The van der Waals surface area contributed by atoms with Gasteiger partial charge in [-0.25, -0.2) is 4.68 Å². The number of hydrogen-bond acceptors (Lipinski definition) is 4. The van der Waals surface area contributed by atoms with E-state index in [4.69, 9.17) is 0 Å². The Balaban J connectivity index is 2.15. The average molecular weight is 323 g/mol. The second kappa shape index (κ2) is 6.47. The molecule has 0 atom stereocenters. The van der Waals surface area contributed by atoms with Crippen molar-refractivity contribution in [1.82, 2.24) is 14.8 Å². The first-order valence-corrected chi connectivity index (χ1v) is 6.89. The number of rotatable bonds is 5. The van der Waals surface area contributed by atoms with Gasteiger partial charge in [0.05, 0.1) is 18.4 Å². The first-order valence-electron chi connectivity index (χ1n) is 6.09. The highest BCUT2D eigenvalue weighted by Crippen LogP contribution is 2.10. The lowest BCUT2D eigenvalue weighted by molar-refractivity contribution is 0.637. The van der Waals surface area contributed by atoms with Gasteiger partial charge >= 0.3 is 0 Å². The van der Waals surface area contributed by atoms with Gasteiger partial charge in [0.25, 0.3) is 5.56 Å². The van der Waals surface area contributed by atoms with Gasteiger partial charge in [-0.3, -0.25) is 9.78 Å². The third-order valence-corrected chi connectivity index (χ3v) is 2.98. The number of halogens is 1. The molecule has 2 aromatic heterocycles. The molecule has 0 aliphatic rings. The first-order chi connectivity index (χ1) is 9.19. The molecule has 0 aliphatic carbocycles. The monoisotopic (exact) mass is 322 g/mol. The molecule has 5 nitrogen and oxygen atoms in total. The van der Waals surface area contributed by atoms with Crippen LogP contribution in [0.5, 0.6) is 0 Å². The van der Waals surface area contributed by atoms with Crippen LogP contribution in [-0.2, 0) is 6.54 Å². The van der Waals surface area contributed by atoms with Crippen molar-refractivity contribution in [2.75, 3.05) is 11.9 Å². The molecule has 100 valence electrons. The summed E-state index contributed by atoms with van der Waals surface area (Å²) in [6, 6.07) is 3.48. The first kappa shape index (κ1) is 13.7. The third-order valence-electron chi connectivity index (χ3n) is 2.54. The molecule has 0 spiro atoms. The van der Waals surface area contributed by atoms with E-state index >= 15 is 0 Å². The molecule has 6 heteroatoms. The molecule has 19 heavy (non-hydrogen) atoms. The number of aromatic nitrogens is 3. The fourth-order valence-electron chi connectivity index (χ4n) is 1.63. The summed E-state index contributed by atoms with van der Waals surface area (Å²) in [6.07, 6.45) is 6.11. The zero-order chi connectivity index (χ0) is 13.7. The molecule has 0 bridgehead atoms. The summed E-state index contributed by atoms with van der Waals surface area (Å²) < 4.78 is 2.31. The minimum atomic E-state index is -0.124. The maximum Gasteiger partial charge on any atom is 0.269 e. The van der Waals surface area contributed by atoms with E-state index < -0.39 is 0 Å². The van der Waals surface area contributed by atoms with Gasteiger partial charge in [0, 0.05) is 29.5 Å². The number of nitrogens with zero attached hydrogens (tertiary/aromatic N) is 3. The fraction of sp³-hybridized carbons (Fsp3) is 0.308. The summed E-state index contributed by atoms with van der Waals surface area (Å²) in [6.45, 7) is 3.32. The zero-order valence-electron chi connectivity index (χ0n) is 10.6. The van der Waals surface area contributed by atoms with Gasteiger partial charge in [0.15, 0.2) is 0 Å². The second-order valence-electron chi connectivity index (χ2n) is 4.18. The maximum absolute atomic E-state index is 11.9. The number of pyridine rings is 1. The molecule has 2 rings (SSSR count). The Morgan fingerprint density at radius 1 is 1.32 bits per heavy atom. The van der Waals surface area contributed by atoms with Crippen LogP contribution in [0.25, 0.3) is 0 Å². The van der Waals surface area contributed by atoms with Crippen LogP contribution >= 0.6 is 15.9 Å². The lowest BCUT2D eigenvalue weighted by atomic mass is 10.3. The normalized spacial score (nSPS) is 10.4. The zero-order valence-corrected chi connectivity index (χ0v) is 12.2. The van der Waals surface area contributed by atoms with Crippen molar-refractivity contribution < 1.29 is 0 Å². The summed E-state index contributed by atoms with van der Waals surface area (Å²) >= 11 is 3.35. The molecule has 0 amide bonds. The maximum atomic E-state index is 11.9. The SMILES string of the molecule is CCCNc1cnn(Cc2cncc(Br)c2)c(=O)c1. The summed E-state index contributed by atoms with van der Waals surface area (Å²) in [5.41, 5.74) is 1.56. The van der Waals surface area contributed by atoms with E-state index in [0.717, 1.165) is 28.7 Å². The predicted octanol–water partition coefficient (Wildman–Crippen LogP) is 2.27. The lowest BCUT2D eigenvalue weighted by Gasteiger charge is -2.07. The standard InChI is InChI=1S/C13H15BrN4O/c1-2-3-16-12-5-13(19)18(17-8-12)9-10-4-11(14)7-15-6-10/h4-8,16H,2-3,9H2,1H3. The Morgan fingerprint density at radius 3 is 2.84 bits per heavy atom. The summed E-state index contributed by atoms with van der Waals surface area (Å²) in [5, 5.41) is 7.29. The van der Waals surface area contributed by atoms with Crippen molar-refractivity contribution in [2.45, 2.75) is 19.9 Å². The van der Waals surface area contributed by atoms with E-state index in [2.05, 4.69) is 38.3 Å². The number of anilines is 1. The highest BCUT2D eigenvalue weighted by atomic mass is 79.9. The van der Waals surface area contributed by atoms with Crippen molar-refractivity contribution >= 4 is 21.6 Å². The molecule has 0 aromatic carbocycles. The Labute approximate surface area is 119 Å². The Morgan fingerprint density at radius 2 is 2.16 bits per heavy atom. The van der Waals surface area contributed by atoms with Crippen LogP contribution in [0.2, 0.25) is 0 Å². The van der Waals surface area contributed by atoms with Crippen LogP contribution in [0.1, 0.15) is 18.9 Å². The summed E-state index contributed by atoms with van der Waals surface area (Å²) in [4.78, 5) is 16.0. The van der Waals surface area contributed by atoms with Crippen molar-refractivity contribution in [3.8, 4) is 0 Å². The fourth-order valence-corrected chi connectivity index (χ4v) is 2.05. The molecule has 0 aliphatic heterocycles. The minimum Gasteiger partial charge on any atom is -0.384 e. The van der Waals surface area contributed by atoms with Gasteiger partial charge in [-0.2, -0.15) is 5.10 Å². The van der Waals surface area contributed by atoms with Crippen LogP contribution in [0, 0.1) is 0 Å². The third kappa shape index (κ3) is 3.89. The number of hydrogen-bond donors (Lipinski definition) is 1. The molecule has 0 fully saturated rings. The van der Waals surface area contributed by atoms with E-state index in [1.54, 1.807) is 24.7 Å². The summed E-state index contributed by atoms with van der Waals surface area (Å²) in [7, 11) is 0. The molecule has 0 unspecified atom stereocenters. The molecule has 0 radical (unpaired) electrons. The van der Waals surface area contributed by atoms with E-state index in [1.165, 1.54) is 4.68 Å². The summed E-state index contributed by atoms with van der Waals surface area (Å²) in [5.74, 6) is 0. The number of nitrogens with one attached hydrogen (secondary N) is 1. The van der Waals surface area contributed by atoms with Crippen molar-refractivity contribution in [2.24, 2.45) is 0 Å². The van der Waals surface area contributed by atoms with E-state index in [1.807, 2.05) is 6.07 Å². The van der Waals surface area contributed by atoms with E-state index in [-0.39, 0.29) is 5.56 Å². The molecule has 2 heterocycles. The van der Waals surface area contributed by atoms with Crippen LogP contribution in [0.15, 0.2) is 40.0 Å². The quantitative estimate of drug-likeness (QED) is 0.917. The second-order valence-corrected chi connectivity index (χ2v) is 5.09. The highest BCUT2D eigenvalue weighted by molar-refractivity contribution is 9.10. The molecule has 0 saturated carbocycles.